The Labute approximate surface area is 182 Å². The second-order valence-electron chi connectivity index (χ2n) is 8.45. The Bertz CT molecular complexity index is 928. The third kappa shape index (κ3) is 4.38. The van der Waals surface area contributed by atoms with Crippen LogP contribution in [0.2, 0.25) is 0 Å². The number of carbonyl (C=O) groups excluding carboxylic acids is 2. The van der Waals surface area contributed by atoms with Gasteiger partial charge in [0.1, 0.15) is 6.54 Å². The second kappa shape index (κ2) is 8.88. The quantitative estimate of drug-likeness (QED) is 0.744. The number of nitrogens with zero attached hydrogens (tertiary/aromatic N) is 2. The van der Waals surface area contributed by atoms with Crippen LogP contribution in [0.3, 0.4) is 0 Å². The number of hydrogen-bond acceptors (Lipinski definition) is 5. The van der Waals surface area contributed by atoms with E-state index in [-0.39, 0.29) is 35.0 Å². The van der Waals surface area contributed by atoms with Crippen molar-refractivity contribution in [2.24, 2.45) is 5.92 Å². The first-order chi connectivity index (χ1) is 14.4. The number of anilines is 1. The molecule has 1 saturated carbocycles. The Morgan fingerprint density at radius 1 is 1.17 bits per heavy atom. The average Bonchev–Trinajstić information content (AvgIpc) is 3.27. The molecule has 30 heavy (non-hydrogen) atoms. The second-order valence-corrected chi connectivity index (χ2v) is 11.4. The largest absolute Gasteiger partial charge is 0.352 e. The zero-order valence-corrected chi connectivity index (χ0v) is 18.9. The summed E-state index contributed by atoms with van der Waals surface area (Å²) in [6.45, 7) is 3.12. The number of amides is 2. The Morgan fingerprint density at radius 3 is 2.63 bits per heavy atom. The monoisotopic (exact) mass is 451 g/mol. The molecule has 4 rings (SSSR count). The smallest absolute Gasteiger partial charge is 0.243 e. The Hall–Kier alpha value is -1.58. The van der Waals surface area contributed by atoms with Gasteiger partial charge in [-0.05, 0) is 49.8 Å². The van der Waals surface area contributed by atoms with Gasteiger partial charge >= 0.3 is 0 Å². The fourth-order valence-electron chi connectivity index (χ4n) is 4.52. The SMILES string of the molecule is CC1CCCCC1NC(=O)CN1C(=O)CSc2ccc(S(=O)(=O)N3CCCC3)cc21. The van der Waals surface area contributed by atoms with E-state index in [0.717, 1.165) is 37.0 Å². The molecule has 7 nitrogen and oxygen atoms in total. The predicted octanol–water partition coefficient (Wildman–Crippen LogP) is 2.60. The highest BCUT2D eigenvalue weighted by atomic mass is 32.2. The molecular formula is C21H29N3O4S2. The molecule has 2 amide bonds. The Morgan fingerprint density at radius 2 is 1.90 bits per heavy atom. The van der Waals surface area contributed by atoms with E-state index in [1.54, 1.807) is 18.2 Å². The molecule has 2 aliphatic heterocycles. The topological polar surface area (TPSA) is 86.8 Å². The van der Waals surface area contributed by atoms with Crippen molar-refractivity contribution in [2.75, 3.05) is 30.3 Å². The lowest BCUT2D eigenvalue weighted by Gasteiger charge is -2.32. The standard InChI is InChI=1S/C21H29N3O4S2/c1-15-6-2-3-7-17(15)22-20(25)13-24-18-12-16(8-9-19(18)29-14-21(24)26)30(27,28)23-10-4-5-11-23/h8-9,12,15,17H,2-7,10-11,13-14H2,1H3,(H,22,25). The summed E-state index contributed by atoms with van der Waals surface area (Å²) < 4.78 is 27.4. The van der Waals surface area contributed by atoms with Crippen LogP contribution in [0.1, 0.15) is 45.4 Å². The van der Waals surface area contributed by atoms with E-state index in [1.807, 2.05) is 0 Å². The molecule has 0 spiro atoms. The minimum Gasteiger partial charge on any atom is -0.352 e. The van der Waals surface area contributed by atoms with Crippen LogP contribution in [0.15, 0.2) is 28.0 Å². The van der Waals surface area contributed by atoms with E-state index in [9.17, 15) is 18.0 Å². The lowest BCUT2D eigenvalue weighted by Crippen LogP contribution is -2.48. The van der Waals surface area contributed by atoms with Crippen molar-refractivity contribution >= 4 is 39.3 Å². The number of thioether (sulfide) groups is 1. The molecule has 1 aliphatic carbocycles. The molecule has 2 unspecified atom stereocenters. The van der Waals surface area contributed by atoms with Gasteiger partial charge in [-0.1, -0.05) is 19.8 Å². The first-order valence-electron chi connectivity index (χ1n) is 10.7. The van der Waals surface area contributed by atoms with Gasteiger partial charge in [0.05, 0.1) is 16.3 Å². The van der Waals surface area contributed by atoms with Gasteiger partial charge in [0, 0.05) is 24.0 Å². The minimum atomic E-state index is -3.59. The summed E-state index contributed by atoms with van der Waals surface area (Å²) in [7, 11) is -3.59. The number of hydrogen-bond donors (Lipinski definition) is 1. The highest BCUT2D eigenvalue weighted by Gasteiger charge is 2.32. The third-order valence-corrected chi connectivity index (χ3v) is 9.28. The number of carbonyl (C=O) groups is 2. The van der Waals surface area contributed by atoms with E-state index in [2.05, 4.69) is 12.2 Å². The number of nitrogens with one attached hydrogen (secondary N) is 1. The summed E-state index contributed by atoms with van der Waals surface area (Å²) in [5.74, 6) is 0.320. The zero-order valence-electron chi connectivity index (χ0n) is 17.3. The maximum Gasteiger partial charge on any atom is 0.243 e. The normalized spacial score (nSPS) is 25.2. The van der Waals surface area contributed by atoms with Crippen molar-refractivity contribution in [3.63, 3.8) is 0 Å². The molecule has 0 aromatic heterocycles. The summed E-state index contributed by atoms with van der Waals surface area (Å²) in [4.78, 5) is 27.8. The molecule has 2 atom stereocenters. The molecule has 1 saturated heterocycles. The maximum absolute atomic E-state index is 13.0. The molecule has 1 aromatic rings. The molecule has 1 aromatic carbocycles. The van der Waals surface area contributed by atoms with E-state index in [0.29, 0.717) is 24.7 Å². The third-order valence-electron chi connectivity index (χ3n) is 6.34. The molecule has 2 fully saturated rings. The van der Waals surface area contributed by atoms with Crippen LogP contribution >= 0.6 is 11.8 Å². The van der Waals surface area contributed by atoms with Crippen LogP contribution in [-0.2, 0) is 19.6 Å². The van der Waals surface area contributed by atoms with Crippen molar-refractivity contribution in [1.82, 2.24) is 9.62 Å². The van der Waals surface area contributed by atoms with Crippen molar-refractivity contribution in [2.45, 2.75) is 61.3 Å². The van der Waals surface area contributed by atoms with Gasteiger partial charge in [0.25, 0.3) is 0 Å². The van der Waals surface area contributed by atoms with Gasteiger partial charge in [0.2, 0.25) is 21.8 Å². The van der Waals surface area contributed by atoms with Gasteiger partial charge < -0.3 is 10.2 Å². The summed E-state index contributed by atoms with van der Waals surface area (Å²) >= 11 is 1.38. The van der Waals surface area contributed by atoms with Crippen molar-refractivity contribution in [3.8, 4) is 0 Å². The molecule has 164 valence electrons. The van der Waals surface area contributed by atoms with E-state index in [4.69, 9.17) is 0 Å². The lowest BCUT2D eigenvalue weighted by molar-refractivity contribution is -0.123. The molecule has 1 N–H and O–H groups in total. The summed E-state index contributed by atoms with van der Waals surface area (Å²) in [6.07, 6.45) is 6.09. The first kappa shape index (κ1) is 21.6. The summed E-state index contributed by atoms with van der Waals surface area (Å²) in [6, 6.07) is 5.06. The molecule has 2 heterocycles. The van der Waals surface area contributed by atoms with Gasteiger partial charge in [0.15, 0.2) is 0 Å². The Kier molecular flexibility index (Phi) is 6.41. The minimum absolute atomic E-state index is 0.0805. The first-order valence-corrected chi connectivity index (χ1v) is 13.2. The van der Waals surface area contributed by atoms with Crippen LogP contribution < -0.4 is 10.2 Å². The molecule has 0 radical (unpaired) electrons. The van der Waals surface area contributed by atoms with Crippen molar-refractivity contribution < 1.29 is 18.0 Å². The van der Waals surface area contributed by atoms with Gasteiger partial charge in [-0.15, -0.1) is 11.8 Å². The fraction of sp³-hybridized carbons (Fsp3) is 0.619. The number of fused-ring (bicyclic) bond motifs is 1. The van der Waals surface area contributed by atoms with Gasteiger partial charge in [-0.2, -0.15) is 4.31 Å². The molecule has 9 heteroatoms. The zero-order chi connectivity index (χ0) is 21.3. The fourth-order valence-corrected chi connectivity index (χ4v) is 6.97. The molecular weight excluding hydrogens is 422 g/mol. The van der Waals surface area contributed by atoms with Crippen LogP contribution in [0.25, 0.3) is 0 Å². The highest BCUT2D eigenvalue weighted by molar-refractivity contribution is 8.00. The number of rotatable bonds is 5. The van der Waals surface area contributed by atoms with E-state index in [1.165, 1.54) is 27.4 Å². The molecule has 3 aliphatic rings. The molecule has 0 bridgehead atoms. The maximum atomic E-state index is 13.0. The van der Waals surface area contributed by atoms with Gasteiger partial charge in [-0.3, -0.25) is 9.59 Å². The number of sulfonamides is 1. The van der Waals surface area contributed by atoms with Crippen LogP contribution in [0.4, 0.5) is 5.69 Å². The van der Waals surface area contributed by atoms with Gasteiger partial charge in [-0.25, -0.2) is 8.42 Å². The number of benzene rings is 1. The Balaban J connectivity index is 1.55. The predicted molar refractivity (Wildman–Crippen MR) is 117 cm³/mol. The van der Waals surface area contributed by atoms with Crippen LogP contribution in [0.5, 0.6) is 0 Å². The summed E-state index contributed by atoms with van der Waals surface area (Å²) in [5.41, 5.74) is 0.517. The van der Waals surface area contributed by atoms with Crippen molar-refractivity contribution in [1.29, 1.82) is 0 Å². The van der Waals surface area contributed by atoms with Crippen LogP contribution in [-0.4, -0.2) is 56.0 Å². The van der Waals surface area contributed by atoms with E-state index >= 15 is 0 Å². The van der Waals surface area contributed by atoms with Crippen LogP contribution in [0, 0.1) is 5.92 Å². The lowest BCUT2D eigenvalue weighted by atomic mass is 9.86. The van der Waals surface area contributed by atoms with Crippen molar-refractivity contribution in [3.05, 3.63) is 18.2 Å². The average molecular weight is 452 g/mol. The highest BCUT2D eigenvalue weighted by Crippen LogP contribution is 2.37. The summed E-state index contributed by atoms with van der Waals surface area (Å²) in [5, 5.41) is 3.09. The van der Waals surface area contributed by atoms with E-state index < -0.39 is 10.0 Å².